The molecule has 1 aromatic rings. The fourth-order valence-corrected chi connectivity index (χ4v) is 3.46. The number of nitrogens with zero attached hydrogens (tertiary/aromatic N) is 2. The summed E-state index contributed by atoms with van der Waals surface area (Å²) >= 11 is 0. The van der Waals surface area contributed by atoms with Crippen LogP contribution in [0.25, 0.3) is 0 Å². The minimum atomic E-state index is -0.713. The molecule has 0 amide bonds. The second-order valence-corrected chi connectivity index (χ2v) is 6.17. The van der Waals surface area contributed by atoms with Crippen LogP contribution in [0.2, 0.25) is 0 Å². The highest BCUT2D eigenvalue weighted by Gasteiger charge is 2.45. The number of fused-ring (bicyclic) bond motifs is 1. The molecule has 0 spiro atoms. The van der Waals surface area contributed by atoms with Crippen LogP contribution < -0.4 is 5.32 Å². The fraction of sp³-hybridized carbons (Fsp3) is 0.667. The van der Waals surface area contributed by atoms with E-state index in [1.54, 1.807) is 6.33 Å². The Balaban J connectivity index is 1.86. The van der Waals surface area contributed by atoms with Crippen LogP contribution in [0.3, 0.4) is 0 Å². The standard InChI is InChI=1S/C15H21N3O2/c1-15(14(19)20)8-4-7-12(15)18-13-10-5-2-3-6-11(10)16-9-17-13/h9,12H,2-8H2,1H3,(H,19,20)(H,16,17,18). The van der Waals surface area contributed by atoms with Crippen molar-refractivity contribution in [3.63, 3.8) is 0 Å². The van der Waals surface area contributed by atoms with Crippen LogP contribution in [0.4, 0.5) is 5.82 Å². The zero-order valence-electron chi connectivity index (χ0n) is 11.9. The van der Waals surface area contributed by atoms with Gasteiger partial charge >= 0.3 is 5.97 Å². The molecule has 0 bridgehead atoms. The van der Waals surface area contributed by atoms with Gasteiger partial charge in [0.15, 0.2) is 0 Å². The molecule has 5 heteroatoms. The van der Waals surface area contributed by atoms with Gasteiger partial charge in [-0.1, -0.05) is 6.42 Å². The van der Waals surface area contributed by atoms with E-state index in [0.717, 1.165) is 50.0 Å². The molecule has 0 saturated heterocycles. The predicted molar refractivity (Wildman–Crippen MR) is 75.7 cm³/mol. The summed E-state index contributed by atoms with van der Waals surface area (Å²) in [6.45, 7) is 1.84. The molecule has 2 unspecified atom stereocenters. The van der Waals surface area contributed by atoms with Gasteiger partial charge in [0.05, 0.1) is 5.41 Å². The van der Waals surface area contributed by atoms with Crippen LogP contribution in [0.15, 0.2) is 6.33 Å². The number of rotatable bonds is 3. The Morgan fingerprint density at radius 2 is 2.15 bits per heavy atom. The number of carboxylic acids is 1. The van der Waals surface area contributed by atoms with Crippen molar-refractivity contribution in [3.05, 3.63) is 17.6 Å². The monoisotopic (exact) mass is 275 g/mol. The number of carboxylic acid groups (broad SMARTS) is 1. The third kappa shape index (κ3) is 2.15. The Bertz CT molecular complexity index is 532. The van der Waals surface area contributed by atoms with Crippen LogP contribution in [0.5, 0.6) is 0 Å². The number of hydrogen-bond acceptors (Lipinski definition) is 4. The fourth-order valence-electron chi connectivity index (χ4n) is 3.46. The first-order valence-corrected chi connectivity index (χ1v) is 7.44. The number of hydrogen-bond donors (Lipinski definition) is 2. The van der Waals surface area contributed by atoms with E-state index in [1.807, 2.05) is 6.92 Å². The summed E-state index contributed by atoms with van der Waals surface area (Å²) in [6, 6.07) is -0.0408. The van der Waals surface area contributed by atoms with Crippen LogP contribution in [-0.4, -0.2) is 27.1 Å². The van der Waals surface area contributed by atoms with Crippen molar-refractivity contribution in [1.82, 2.24) is 9.97 Å². The molecule has 5 nitrogen and oxygen atoms in total. The number of aromatic nitrogens is 2. The van der Waals surface area contributed by atoms with E-state index in [4.69, 9.17) is 0 Å². The van der Waals surface area contributed by atoms with Gasteiger partial charge in [-0.3, -0.25) is 4.79 Å². The third-order valence-electron chi connectivity index (χ3n) is 4.88. The van der Waals surface area contributed by atoms with E-state index < -0.39 is 11.4 Å². The summed E-state index contributed by atoms with van der Waals surface area (Å²) in [5.74, 6) is 0.143. The van der Waals surface area contributed by atoms with Gasteiger partial charge in [0.25, 0.3) is 0 Å². The summed E-state index contributed by atoms with van der Waals surface area (Å²) in [5, 5.41) is 12.9. The highest BCUT2D eigenvalue weighted by atomic mass is 16.4. The SMILES string of the molecule is CC1(C(=O)O)CCCC1Nc1ncnc2c1CCCC2. The first-order chi connectivity index (χ1) is 9.61. The van der Waals surface area contributed by atoms with Gasteiger partial charge in [-0.15, -0.1) is 0 Å². The van der Waals surface area contributed by atoms with E-state index >= 15 is 0 Å². The largest absolute Gasteiger partial charge is 0.481 e. The molecule has 2 N–H and O–H groups in total. The topological polar surface area (TPSA) is 75.1 Å². The highest BCUT2D eigenvalue weighted by molar-refractivity contribution is 5.76. The molecule has 0 radical (unpaired) electrons. The molecule has 0 aliphatic heterocycles. The molecule has 1 fully saturated rings. The molecule has 2 aliphatic carbocycles. The summed E-state index contributed by atoms with van der Waals surface area (Å²) in [7, 11) is 0. The van der Waals surface area contributed by atoms with Gasteiger partial charge in [-0.2, -0.15) is 0 Å². The van der Waals surface area contributed by atoms with E-state index in [0.29, 0.717) is 0 Å². The minimum Gasteiger partial charge on any atom is -0.481 e. The van der Waals surface area contributed by atoms with E-state index in [1.165, 1.54) is 12.0 Å². The lowest BCUT2D eigenvalue weighted by atomic mass is 9.84. The number of aliphatic carboxylic acids is 1. The molecule has 2 atom stereocenters. The molecule has 2 aliphatic rings. The van der Waals surface area contributed by atoms with Crippen LogP contribution in [0, 0.1) is 5.41 Å². The number of aryl methyl sites for hydroxylation is 1. The Hall–Kier alpha value is -1.65. The van der Waals surface area contributed by atoms with E-state index in [2.05, 4.69) is 15.3 Å². The average Bonchev–Trinajstić information content (AvgIpc) is 2.82. The lowest BCUT2D eigenvalue weighted by Gasteiger charge is -2.29. The smallest absolute Gasteiger partial charge is 0.311 e. The van der Waals surface area contributed by atoms with E-state index in [9.17, 15) is 9.90 Å². The first-order valence-electron chi connectivity index (χ1n) is 7.44. The number of nitrogens with one attached hydrogen (secondary N) is 1. The minimum absolute atomic E-state index is 0.0408. The van der Waals surface area contributed by atoms with Gasteiger partial charge in [0.2, 0.25) is 0 Å². The average molecular weight is 275 g/mol. The third-order valence-corrected chi connectivity index (χ3v) is 4.88. The molecule has 1 saturated carbocycles. The lowest BCUT2D eigenvalue weighted by Crippen LogP contribution is -2.40. The van der Waals surface area contributed by atoms with Crippen molar-refractivity contribution in [1.29, 1.82) is 0 Å². The van der Waals surface area contributed by atoms with Crippen molar-refractivity contribution < 1.29 is 9.90 Å². The summed E-state index contributed by atoms with van der Waals surface area (Å²) in [6.07, 6.45) is 8.51. The van der Waals surface area contributed by atoms with Gasteiger partial charge in [0.1, 0.15) is 12.1 Å². The van der Waals surface area contributed by atoms with Gasteiger partial charge in [0, 0.05) is 17.3 Å². The maximum Gasteiger partial charge on any atom is 0.311 e. The van der Waals surface area contributed by atoms with Crippen molar-refractivity contribution in [3.8, 4) is 0 Å². The van der Waals surface area contributed by atoms with Crippen molar-refractivity contribution in [2.45, 2.75) is 57.9 Å². The maximum absolute atomic E-state index is 11.5. The number of anilines is 1. The van der Waals surface area contributed by atoms with Crippen LogP contribution >= 0.6 is 0 Å². The molecule has 0 aromatic carbocycles. The van der Waals surface area contributed by atoms with Gasteiger partial charge in [-0.05, 0) is 45.4 Å². The first kappa shape index (κ1) is 13.3. The molecule has 108 valence electrons. The molecule has 20 heavy (non-hydrogen) atoms. The van der Waals surface area contributed by atoms with Crippen molar-refractivity contribution in [2.24, 2.45) is 5.41 Å². The predicted octanol–water partition coefficient (Wildman–Crippen LogP) is 2.41. The zero-order chi connectivity index (χ0) is 14.2. The molecule has 1 aromatic heterocycles. The molecule has 3 rings (SSSR count). The van der Waals surface area contributed by atoms with Gasteiger partial charge < -0.3 is 10.4 Å². The Morgan fingerprint density at radius 3 is 2.95 bits per heavy atom. The Kier molecular flexibility index (Phi) is 3.36. The van der Waals surface area contributed by atoms with Crippen molar-refractivity contribution >= 4 is 11.8 Å². The Morgan fingerprint density at radius 1 is 1.35 bits per heavy atom. The summed E-state index contributed by atoms with van der Waals surface area (Å²) in [4.78, 5) is 20.3. The molecule has 1 heterocycles. The maximum atomic E-state index is 11.5. The molecular formula is C15H21N3O2. The Labute approximate surface area is 118 Å². The highest BCUT2D eigenvalue weighted by Crippen LogP contribution is 2.40. The van der Waals surface area contributed by atoms with Gasteiger partial charge in [-0.25, -0.2) is 9.97 Å². The summed E-state index contributed by atoms with van der Waals surface area (Å²) < 4.78 is 0. The van der Waals surface area contributed by atoms with Crippen molar-refractivity contribution in [2.75, 3.05) is 5.32 Å². The second kappa shape index (κ2) is 5.04. The van der Waals surface area contributed by atoms with Crippen LogP contribution in [-0.2, 0) is 17.6 Å². The second-order valence-electron chi connectivity index (χ2n) is 6.17. The lowest BCUT2D eigenvalue weighted by molar-refractivity contribution is -0.147. The van der Waals surface area contributed by atoms with E-state index in [-0.39, 0.29) is 6.04 Å². The molecular weight excluding hydrogens is 254 g/mol. The summed E-state index contributed by atoms with van der Waals surface area (Å²) in [5.41, 5.74) is 1.63. The normalized spacial score (nSPS) is 28.9. The number of carbonyl (C=O) groups is 1. The quantitative estimate of drug-likeness (QED) is 0.886. The van der Waals surface area contributed by atoms with Crippen LogP contribution in [0.1, 0.15) is 50.3 Å². The zero-order valence-corrected chi connectivity index (χ0v) is 11.9.